The van der Waals surface area contributed by atoms with Crippen molar-refractivity contribution in [1.29, 1.82) is 0 Å². The molecule has 2 aliphatic heterocycles. The molecular formula is C31H39ClN6O4S2. The van der Waals surface area contributed by atoms with E-state index in [1.54, 1.807) is 18.3 Å². The number of anilines is 3. The number of piperazine rings is 1. The Labute approximate surface area is 271 Å². The van der Waals surface area contributed by atoms with Gasteiger partial charge < -0.3 is 19.6 Å². The van der Waals surface area contributed by atoms with Gasteiger partial charge in [-0.25, -0.2) is 9.97 Å². The number of pyridine rings is 1. The molecule has 3 aromatic rings. The Morgan fingerprint density at radius 3 is 2.45 bits per heavy atom. The van der Waals surface area contributed by atoms with Gasteiger partial charge in [-0.05, 0) is 44.7 Å². The molecule has 2 N–H and O–H groups in total. The number of carbonyl (C=O) groups excluding carboxylic acids is 2. The molecule has 0 spiro atoms. The SMILES string of the molecule is CCOC(=O)C1CCN(c2ncc(C(=O)Nc3nc(-c4cc(Cl)cs4)c(N4CCN(C5CCCCC5)CC4)s3)cc2O)CC1. The summed E-state index contributed by atoms with van der Waals surface area (Å²) in [5.41, 5.74) is 1.07. The Bertz CT molecular complexity index is 1460. The van der Waals surface area contributed by atoms with Crippen molar-refractivity contribution in [3.63, 3.8) is 0 Å². The van der Waals surface area contributed by atoms with Gasteiger partial charge in [0.15, 0.2) is 16.7 Å². The fourth-order valence-electron chi connectivity index (χ4n) is 6.48. The quantitative estimate of drug-likeness (QED) is 0.277. The van der Waals surface area contributed by atoms with Crippen molar-refractivity contribution >= 4 is 62.1 Å². The highest BCUT2D eigenvalue weighted by Gasteiger charge is 2.30. The molecule has 1 amide bonds. The second-order valence-electron chi connectivity index (χ2n) is 11.7. The number of nitrogens with zero attached hydrogens (tertiary/aromatic N) is 5. The van der Waals surface area contributed by atoms with Crippen LogP contribution in [0, 0.1) is 5.92 Å². The van der Waals surface area contributed by atoms with Crippen molar-refractivity contribution < 1.29 is 19.4 Å². The first-order chi connectivity index (χ1) is 21.4. The van der Waals surface area contributed by atoms with Crippen molar-refractivity contribution in [3.8, 4) is 16.3 Å². The first-order valence-electron chi connectivity index (χ1n) is 15.6. The van der Waals surface area contributed by atoms with Crippen molar-refractivity contribution in [2.45, 2.75) is 57.9 Å². The third kappa shape index (κ3) is 6.98. The number of carbonyl (C=O) groups is 2. The van der Waals surface area contributed by atoms with Crippen LogP contribution in [0.2, 0.25) is 5.02 Å². The lowest BCUT2D eigenvalue weighted by Gasteiger charge is -2.41. The summed E-state index contributed by atoms with van der Waals surface area (Å²) in [7, 11) is 0. The third-order valence-electron chi connectivity index (χ3n) is 8.85. The van der Waals surface area contributed by atoms with Crippen LogP contribution in [0.4, 0.5) is 16.0 Å². The van der Waals surface area contributed by atoms with Crippen molar-refractivity contribution in [1.82, 2.24) is 14.9 Å². The summed E-state index contributed by atoms with van der Waals surface area (Å²) in [6, 6.07) is 4.06. The lowest BCUT2D eigenvalue weighted by molar-refractivity contribution is -0.148. The van der Waals surface area contributed by atoms with Gasteiger partial charge in [-0.3, -0.25) is 19.8 Å². The number of aromatic nitrogens is 2. The largest absolute Gasteiger partial charge is 0.504 e. The van der Waals surface area contributed by atoms with Gasteiger partial charge in [-0.1, -0.05) is 42.2 Å². The average molecular weight is 659 g/mol. The van der Waals surface area contributed by atoms with E-state index in [1.165, 1.54) is 55.7 Å². The maximum absolute atomic E-state index is 13.3. The molecule has 0 radical (unpaired) electrons. The standard InChI is InChI=1S/C31H39ClN6O4S2/c1-2-42-30(41)20-8-10-37(11-9-20)27-24(39)16-21(18-33-27)28(40)35-31-34-26(25-17-22(32)19-43-25)29(44-31)38-14-12-36(13-15-38)23-6-4-3-5-7-23/h16-20,23,39H,2-15H2,1H3,(H,34,35,40). The zero-order chi connectivity index (χ0) is 30.6. The Balaban J connectivity index is 1.13. The molecule has 0 aromatic carbocycles. The number of piperidine rings is 1. The number of ether oxygens (including phenoxy) is 1. The minimum Gasteiger partial charge on any atom is -0.504 e. The van der Waals surface area contributed by atoms with Crippen LogP contribution in [0.25, 0.3) is 10.6 Å². The number of rotatable bonds is 8. The molecule has 13 heteroatoms. The highest BCUT2D eigenvalue weighted by molar-refractivity contribution is 7.21. The smallest absolute Gasteiger partial charge is 0.309 e. The molecule has 3 fully saturated rings. The first kappa shape index (κ1) is 31.1. The van der Waals surface area contributed by atoms with Crippen LogP contribution in [0.15, 0.2) is 23.7 Å². The summed E-state index contributed by atoms with van der Waals surface area (Å²) in [4.78, 5) is 42.6. The van der Waals surface area contributed by atoms with Gasteiger partial charge in [-0.2, -0.15) is 0 Å². The molecule has 236 valence electrons. The van der Waals surface area contributed by atoms with Crippen molar-refractivity contribution in [2.24, 2.45) is 5.92 Å². The summed E-state index contributed by atoms with van der Waals surface area (Å²) >= 11 is 9.29. The highest BCUT2D eigenvalue weighted by atomic mass is 35.5. The van der Waals surface area contributed by atoms with E-state index in [0.29, 0.717) is 54.6 Å². The van der Waals surface area contributed by atoms with Gasteiger partial charge in [-0.15, -0.1) is 11.3 Å². The minimum absolute atomic E-state index is 0.0724. The molecule has 10 nitrogen and oxygen atoms in total. The van der Waals surface area contributed by atoms with Crippen molar-refractivity contribution in [3.05, 3.63) is 34.3 Å². The topological polar surface area (TPSA) is 111 Å². The Morgan fingerprint density at radius 2 is 1.80 bits per heavy atom. The maximum Gasteiger partial charge on any atom is 0.309 e. The average Bonchev–Trinajstić information content (AvgIpc) is 3.67. The molecule has 1 saturated carbocycles. The number of hydrogen-bond donors (Lipinski definition) is 2. The van der Waals surface area contributed by atoms with E-state index < -0.39 is 5.91 Å². The maximum atomic E-state index is 13.3. The van der Waals surface area contributed by atoms with E-state index in [4.69, 9.17) is 21.3 Å². The normalized spacial score (nSPS) is 18.9. The summed E-state index contributed by atoms with van der Waals surface area (Å²) in [6.07, 6.45) is 9.35. The van der Waals surface area contributed by atoms with Crippen LogP contribution in [-0.4, -0.2) is 83.8 Å². The summed E-state index contributed by atoms with van der Waals surface area (Å²) in [5.74, 6) is -0.369. The molecule has 0 atom stereocenters. The Kier molecular flexibility index (Phi) is 9.89. The monoisotopic (exact) mass is 658 g/mol. The molecule has 5 heterocycles. The second kappa shape index (κ2) is 14.0. The van der Waals surface area contributed by atoms with Crippen LogP contribution < -0.4 is 15.1 Å². The van der Waals surface area contributed by atoms with E-state index in [1.807, 2.05) is 16.3 Å². The van der Waals surface area contributed by atoms with Crippen LogP contribution in [0.5, 0.6) is 5.75 Å². The molecule has 2 saturated heterocycles. The molecule has 1 aliphatic carbocycles. The predicted octanol–water partition coefficient (Wildman–Crippen LogP) is 6.11. The van der Waals surface area contributed by atoms with Gasteiger partial charge >= 0.3 is 5.97 Å². The number of nitrogens with one attached hydrogen (secondary N) is 1. The van der Waals surface area contributed by atoms with Crippen LogP contribution >= 0.6 is 34.3 Å². The fourth-order valence-corrected chi connectivity index (χ4v) is 8.64. The Morgan fingerprint density at radius 1 is 1.05 bits per heavy atom. The third-order valence-corrected chi connectivity index (χ3v) is 11.2. The fraction of sp³-hybridized carbons (Fsp3) is 0.548. The molecule has 0 unspecified atom stereocenters. The molecule has 3 aromatic heterocycles. The van der Waals surface area contributed by atoms with Gasteiger partial charge in [0.2, 0.25) is 0 Å². The summed E-state index contributed by atoms with van der Waals surface area (Å²) in [6.45, 7) is 7.18. The van der Waals surface area contributed by atoms with Gasteiger partial charge in [0.05, 0.1) is 28.0 Å². The number of hydrogen-bond acceptors (Lipinski definition) is 11. The first-order valence-corrected chi connectivity index (χ1v) is 17.6. The summed E-state index contributed by atoms with van der Waals surface area (Å²) < 4.78 is 5.15. The van der Waals surface area contributed by atoms with Crippen molar-refractivity contribution in [2.75, 3.05) is 61.0 Å². The van der Waals surface area contributed by atoms with E-state index in [0.717, 1.165) is 41.8 Å². The lowest BCUT2D eigenvalue weighted by atomic mass is 9.94. The van der Waals surface area contributed by atoms with E-state index >= 15 is 0 Å². The number of amides is 1. The Hall–Kier alpha value is -2.93. The van der Waals surface area contributed by atoms with E-state index in [9.17, 15) is 14.7 Å². The molecular weight excluding hydrogens is 620 g/mol. The molecule has 44 heavy (non-hydrogen) atoms. The summed E-state index contributed by atoms with van der Waals surface area (Å²) in [5, 5.41) is 17.8. The van der Waals surface area contributed by atoms with Gasteiger partial charge in [0.1, 0.15) is 10.7 Å². The number of thiazole rings is 1. The zero-order valence-electron chi connectivity index (χ0n) is 25.0. The van der Waals surface area contributed by atoms with Crippen LogP contribution in [0.3, 0.4) is 0 Å². The van der Waals surface area contributed by atoms with E-state index in [-0.39, 0.29) is 23.2 Å². The number of esters is 1. The highest BCUT2D eigenvalue weighted by Crippen LogP contribution is 2.42. The lowest BCUT2D eigenvalue weighted by Crippen LogP contribution is -2.50. The molecule has 0 bridgehead atoms. The molecule has 3 aliphatic rings. The minimum atomic E-state index is -0.390. The number of aromatic hydroxyl groups is 1. The van der Waals surface area contributed by atoms with E-state index in [2.05, 4.69) is 20.1 Å². The second-order valence-corrected chi connectivity index (χ2v) is 14.0. The zero-order valence-corrected chi connectivity index (χ0v) is 27.4. The van der Waals surface area contributed by atoms with Gasteiger partial charge in [0.25, 0.3) is 5.91 Å². The molecule has 6 rings (SSSR count). The predicted molar refractivity (Wildman–Crippen MR) is 177 cm³/mol. The number of thiophene rings is 1. The van der Waals surface area contributed by atoms with Crippen LogP contribution in [0.1, 0.15) is 62.2 Å². The number of halogens is 1. The van der Waals surface area contributed by atoms with Gasteiger partial charge in [0, 0.05) is 56.9 Å². The van der Waals surface area contributed by atoms with Crippen LogP contribution in [-0.2, 0) is 9.53 Å².